The van der Waals surface area contributed by atoms with Crippen LogP contribution < -0.4 is 20.9 Å². The van der Waals surface area contributed by atoms with Gasteiger partial charge in [-0.3, -0.25) is 14.4 Å². The molecule has 0 unspecified atom stereocenters. The third-order valence-electron chi connectivity index (χ3n) is 2.85. The van der Waals surface area contributed by atoms with Crippen molar-refractivity contribution >= 4 is 40.2 Å². The number of hydrogen-bond donors (Lipinski definition) is 2. The summed E-state index contributed by atoms with van der Waals surface area (Å²) in [7, 11) is 3.07. The number of thiophene rings is 1. The fourth-order valence-corrected chi connectivity index (χ4v) is 3.01. The van der Waals surface area contributed by atoms with Crippen molar-refractivity contribution in [3.63, 3.8) is 0 Å². The van der Waals surface area contributed by atoms with Crippen LogP contribution in [0.5, 0.6) is 11.5 Å². The second-order valence-electron chi connectivity index (χ2n) is 4.55. The second kappa shape index (κ2) is 5.98. The van der Waals surface area contributed by atoms with Gasteiger partial charge in [0.2, 0.25) is 0 Å². The molecule has 2 rings (SSSR count). The summed E-state index contributed by atoms with van der Waals surface area (Å²) in [4.78, 5) is 36.2. The standard InChI is InChI=1S/C13H13ClN2O5S/c1-4-21-10-5(7(17)9(10)19)15-6-8(18)11(22-12(6)14)13(20)16(2)3/h15,18H,4H2,1-3H3. The molecule has 1 amide bonds. The first kappa shape index (κ1) is 16.3. The minimum absolute atomic E-state index is 0.00456. The quantitative estimate of drug-likeness (QED) is 0.799. The zero-order valence-corrected chi connectivity index (χ0v) is 13.6. The van der Waals surface area contributed by atoms with Crippen LogP contribution in [0.15, 0.2) is 9.59 Å². The maximum atomic E-state index is 11.9. The number of ether oxygens (including phenoxy) is 1. The Morgan fingerprint density at radius 1 is 1.32 bits per heavy atom. The van der Waals surface area contributed by atoms with Gasteiger partial charge < -0.3 is 20.1 Å². The fraction of sp³-hybridized carbons (Fsp3) is 0.308. The number of anilines is 2. The van der Waals surface area contributed by atoms with Crippen molar-refractivity contribution in [2.75, 3.05) is 26.0 Å². The number of nitrogens with zero attached hydrogens (tertiary/aromatic N) is 1. The van der Waals surface area contributed by atoms with Crippen molar-refractivity contribution in [1.29, 1.82) is 0 Å². The average Bonchev–Trinajstić information content (AvgIpc) is 2.76. The maximum absolute atomic E-state index is 11.9. The Bertz CT molecular complexity index is 804. The number of amides is 1. The van der Waals surface area contributed by atoms with E-state index >= 15 is 0 Å². The number of carbonyl (C=O) groups excluding carboxylic acids is 1. The Hall–Kier alpha value is -2.06. The van der Waals surface area contributed by atoms with Gasteiger partial charge in [-0.1, -0.05) is 11.6 Å². The molecule has 0 atom stereocenters. The van der Waals surface area contributed by atoms with Gasteiger partial charge in [-0.05, 0) is 6.92 Å². The zero-order chi connectivity index (χ0) is 16.6. The highest BCUT2D eigenvalue weighted by molar-refractivity contribution is 7.19. The average molecular weight is 345 g/mol. The summed E-state index contributed by atoms with van der Waals surface area (Å²) in [5.74, 6) is -0.897. The Kier molecular flexibility index (Phi) is 4.43. The van der Waals surface area contributed by atoms with E-state index in [1.54, 1.807) is 6.92 Å². The lowest BCUT2D eigenvalue weighted by molar-refractivity contribution is 0.0829. The van der Waals surface area contributed by atoms with Gasteiger partial charge in [-0.2, -0.15) is 0 Å². The molecule has 0 aliphatic heterocycles. The van der Waals surface area contributed by atoms with Crippen LogP contribution in [-0.4, -0.2) is 36.6 Å². The maximum Gasteiger partial charge on any atom is 0.272 e. The Balaban J connectivity index is 2.40. The van der Waals surface area contributed by atoms with Gasteiger partial charge in [0.05, 0.1) is 6.61 Å². The summed E-state index contributed by atoms with van der Waals surface area (Å²) in [6.45, 7) is 1.89. The molecule has 0 saturated heterocycles. The smallest absolute Gasteiger partial charge is 0.272 e. The van der Waals surface area contributed by atoms with Crippen molar-refractivity contribution in [2.24, 2.45) is 0 Å². The monoisotopic (exact) mass is 344 g/mol. The van der Waals surface area contributed by atoms with Crippen LogP contribution in [0, 0.1) is 0 Å². The fourth-order valence-electron chi connectivity index (χ4n) is 1.74. The molecular formula is C13H13ClN2O5S. The van der Waals surface area contributed by atoms with Crippen LogP contribution in [0.1, 0.15) is 16.6 Å². The third kappa shape index (κ3) is 2.55. The van der Waals surface area contributed by atoms with Crippen molar-refractivity contribution in [2.45, 2.75) is 6.92 Å². The SMILES string of the molecule is CCOc1c(Nc2c(Cl)sc(C(=O)N(C)C)c2O)c(=O)c1=O. The zero-order valence-electron chi connectivity index (χ0n) is 12.0. The van der Waals surface area contributed by atoms with E-state index in [1.807, 2.05) is 0 Å². The molecule has 7 nitrogen and oxygen atoms in total. The lowest BCUT2D eigenvalue weighted by atomic mass is 10.2. The topological polar surface area (TPSA) is 95.9 Å². The van der Waals surface area contributed by atoms with E-state index in [0.717, 1.165) is 11.3 Å². The number of rotatable bonds is 5. The van der Waals surface area contributed by atoms with Crippen LogP contribution in [0.25, 0.3) is 0 Å². The second-order valence-corrected chi connectivity index (χ2v) is 6.17. The van der Waals surface area contributed by atoms with Crippen molar-refractivity contribution in [1.82, 2.24) is 4.90 Å². The van der Waals surface area contributed by atoms with Crippen molar-refractivity contribution in [3.05, 3.63) is 29.7 Å². The summed E-state index contributed by atoms with van der Waals surface area (Å²) in [5.41, 5.74) is -1.57. The summed E-state index contributed by atoms with van der Waals surface area (Å²) in [5, 5.41) is 12.7. The lowest BCUT2D eigenvalue weighted by Gasteiger charge is -2.13. The van der Waals surface area contributed by atoms with E-state index in [9.17, 15) is 19.5 Å². The highest BCUT2D eigenvalue weighted by Crippen LogP contribution is 2.45. The van der Waals surface area contributed by atoms with Gasteiger partial charge in [-0.15, -0.1) is 11.3 Å². The molecule has 9 heteroatoms. The van der Waals surface area contributed by atoms with Crippen LogP contribution in [0.2, 0.25) is 4.34 Å². The predicted octanol–water partition coefficient (Wildman–Crippen LogP) is 1.55. The first-order valence-electron chi connectivity index (χ1n) is 6.25. The molecule has 2 N–H and O–H groups in total. The number of halogens is 1. The van der Waals surface area contributed by atoms with Crippen LogP contribution >= 0.6 is 22.9 Å². The molecule has 1 heterocycles. The number of hydrogen-bond acceptors (Lipinski definition) is 7. The molecule has 22 heavy (non-hydrogen) atoms. The van der Waals surface area contributed by atoms with E-state index < -0.39 is 16.8 Å². The summed E-state index contributed by atoms with van der Waals surface area (Å²) in [6, 6.07) is 0. The Labute approximate surface area is 134 Å². The molecule has 2 aromatic rings. The molecule has 118 valence electrons. The van der Waals surface area contributed by atoms with E-state index in [4.69, 9.17) is 16.3 Å². The highest BCUT2D eigenvalue weighted by atomic mass is 35.5. The summed E-state index contributed by atoms with van der Waals surface area (Å²) >= 11 is 6.87. The highest BCUT2D eigenvalue weighted by Gasteiger charge is 2.28. The van der Waals surface area contributed by atoms with E-state index in [2.05, 4.69) is 5.32 Å². The molecule has 0 bridgehead atoms. The largest absolute Gasteiger partial charge is 0.504 e. The van der Waals surface area contributed by atoms with E-state index in [0.29, 0.717) is 0 Å². The summed E-state index contributed by atoms with van der Waals surface area (Å²) in [6.07, 6.45) is 0. The Morgan fingerprint density at radius 2 is 1.95 bits per heavy atom. The molecule has 0 radical (unpaired) electrons. The summed E-state index contributed by atoms with van der Waals surface area (Å²) < 4.78 is 5.16. The lowest BCUT2D eigenvalue weighted by Crippen LogP contribution is -2.35. The van der Waals surface area contributed by atoms with Gasteiger partial charge in [0, 0.05) is 14.1 Å². The Morgan fingerprint density at radius 3 is 2.50 bits per heavy atom. The van der Waals surface area contributed by atoms with Crippen LogP contribution in [-0.2, 0) is 0 Å². The molecule has 0 fully saturated rings. The van der Waals surface area contributed by atoms with Crippen molar-refractivity contribution < 1.29 is 14.6 Å². The molecule has 0 aliphatic carbocycles. The molecular weight excluding hydrogens is 332 g/mol. The van der Waals surface area contributed by atoms with E-state index in [1.165, 1.54) is 19.0 Å². The minimum atomic E-state index is -0.759. The third-order valence-corrected chi connectivity index (χ3v) is 4.22. The molecule has 1 aromatic heterocycles. The molecule has 0 spiro atoms. The van der Waals surface area contributed by atoms with Gasteiger partial charge >= 0.3 is 0 Å². The van der Waals surface area contributed by atoms with E-state index in [-0.39, 0.29) is 38.7 Å². The molecule has 0 aliphatic rings. The molecule has 0 saturated carbocycles. The number of aromatic hydroxyl groups is 1. The minimum Gasteiger partial charge on any atom is -0.504 e. The van der Waals surface area contributed by atoms with Crippen LogP contribution in [0.4, 0.5) is 11.4 Å². The van der Waals surface area contributed by atoms with Gasteiger partial charge in [-0.25, -0.2) is 0 Å². The van der Waals surface area contributed by atoms with Gasteiger partial charge in [0.1, 0.15) is 20.6 Å². The normalized spacial score (nSPS) is 10.7. The van der Waals surface area contributed by atoms with Gasteiger partial charge in [0.15, 0.2) is 11.5 Å². The first-order valence-corrected chi connectivity index (χ1v) is 7.45. The van der Waals surface area contributed by atoms with Crippen LogP contribution in [0.3, 0.4) is 0 Å². The predicted molar refractivity (Wildman–Crippen MR) is 84.8 cm³/mol. The van der Waals surface area contributed by atoms with Gasteiger partial charge in [0.25, 0.3) is 16.8 Å². The molecule has 1 aromatic carbocycles. The number of nitrogens with one attached hydrogen (secondary N) is 1. The van der Waals surface area contributed by atoms with Crippen molar-refractivity contribution in [3.8, 4) is 11.5 Å². The first-order chi connectivity index (χ1) is 10.3. The number of carbonyl (C=O) groups is 1.